The molecular weight excluding hydrogens is 412 g/mol. The third-order valence-corrected chi connectivity index (χ3v) is 7.90. The van der Waals surface area contributed by atoms with Gasteiger partial charge < -0.3 is 10.1 Å². The second-order valence-corrected chi connectivity index (χ2v) is 9.85. The molecule has 0 saturated heterocycles. The van der Waals surface area contributed by atoms with Crippen LogP contribution in [-0.2, 0) is 9.53 Å². The Kier molecular flexibility index (Phi) is 5.23. The lowest BCUT2D eigenvalue weighted by Gasteiger charge is -2.52. The summed E-state index contributed by atoms with van der Waals surface area (Å²) in [6, 6.07) is 16.1. The number of aromatic nitrogens is 1. The summed E-state index contributed by atoms with van der Waals surface area (Å²) in [7, 11) is 1.47. The first kappa shape index (κ1) is 21.6. The molecule has 3 aliphatic rings. The van der Waals surface area contributed by atoms with Crippen LogP contribution in [0.2, 0.25) is 0 Å². The average molecular weight is 443 g/mol. The van der Waals surface area contributed by atoms with Gasteiger partial charge in [0.1, 0.15) is 0 Å². The molecule has 3 aromatic rings. The Labute approximate surface area is 194 Å². The fourth-order valence-electron chi connectivity index (χ4n) is 5.84. The van der Waals surface area contributed by atoms with Crippen LogP contribution in [0.3, 0.4) is 0 Å². The van der Waals surface area contributed by atoms with Crippen molar-refractivity contribution in [2.45, 2.75) is 57.9 Å². The van der Waals surface area contributed by atoms with E-state index in [2.05, 4.69) is 11.4 Å². The maximum Gasteiger partial charge on any atom is 0.311 e. The Morgan fingerprint density at radius 1 is 0.939 bits per heavy atom. The van der Waals surface area contributed by atoms with E-state index in [0.29, 0.717) is 5.56 Å². The number of aryl methyl sites for hydroxylation is 1. The van der Waals surface area contributed by atoms with Gasteiger partial charge in [-0.25, -0.2) is 4.98 Å². The lowest BCUT2D eigenvalue weighted by atomic mass is 9.57. The van der Waals surface area contributed by atoms with E-state index in [0.717, 1.165) is 71.8 Å². The molecule has 5 nitrogen and oxygen atoms in total. The van der Waals surface area contributed by atoms with Gasteiger partial charge in [0.15, 0.2) is 0 Å². The van der Waals surface area contributed by atoms with Crippen molar-refractivity contribution in [2.24, 2.45) is 5.41 Å². The van der Waals surface area contributed by atoms with Crippen LogP contribution in [0.15, 0.2) is 48.5 Å². The van der Waals surface area contributed by atoms with Crippen LogP contribution in [0.25, 0.3) is 22.2 Å². The molecule has 2 bridgehead atoms. The minimum atomic E-state index is -0.363. The Bertz CT molecular complexity index is 1220. The molecule has 1 amide bonds. The number of nitrogens with one attached hydrogen (secondary N) is 1. The molecule has 1 N–H and O–H groups in total. The monoisotopic (exact) mass is 442 g/mol. The summed E-state index contributed by atoms with van der Waals surface area (Å²) in [5.41, 5.74) is 4.74. The Morgan fingerprint density at radius 2 is 1.61 bits per heavy atom. The van der Waals surface area contributed by atoms with Crippen molar-refractivity contribution in [3.8, 4) is 11.3 Å². The van der Waals surface area contributed by atoms with Crippen LogP contribution in [-0.4, -0.2) is 29.5 Å². The van der Waals surface area contributed by atoms with Crippen LogP contribution < -0.4 is 5.32 Å². The summed E-state index contributed by atoms with van der Waals surface area (Å²) in [5.74, 6) is -0.142. The van der Waals surface area contributed by atoms with Crippen LogP contribution in [0.4, 0.5) is 0 Å². The van der Waals surface area contributed by atoms with Gasteiger partial charge in [-0.15, -0.1) is 0 Å². The molecule has 2 aromatic carbocycles. The molecule has 3 saturated carbocycles. The molecule has 5 heteroatoms. The predicted molar refractivity (Wildman–Crippen MR) is 129 cm³/mol. The van der Waals surface area contributed by atoms with Gasteiger partial charge in [-0.3, -0.25) is 9.59 Å². The fourth-order valence-corrected chi connectivity index (χ4v) is 5.84. The maximum absolute atomic E-state index is 13.9. The number of carbonyl (C=O) groups is 2. The molecule has 1 aromatic heterocycles. The topological polar surface area (TPSA) is 68.3 Å². The summed E-state index contributed by atoms with van der Waals surface area (Å²) >= 11 is 0. The number of hydrogen-bond donors (Lipinski definition) is 1. The fraction of sp³-hybridized carbons (Fsp3) is 0.393. The van der Waals surface area contributed by atoms with Crippen molar-refractivity contribution in [3.05, 3.63) is 65.2 Å². The second-order valence-electron chi connectivity index (χ2n) is 9.85. The molecule has 3 fully saturated rings. The lowest BCUT2D eigenvalue weighted by molar-refractivity contribution is -0.160. The SMILES string of the molecule is COC(=O)C12CCC(NC(=O)c3c(C)c(-c4ccccc4)nc4ccc(C)cc34)(CC1)CC2. The van der Waals surface area contributed by atoms with Gasteiger partial charge in [-0.2, -0.15) is 0 Å². The molecular formula is C28H30N2O3. The second kappa shape index (κ2) is 7.98. The number of amides is 1. The van der Waals surface area contributed by atoms with Gasteiger partial charge in [-0.1, -0.05) is 42.0 Å². The van der Waals surface area contributed by atoms with Crippen molar-refractivity contribution in [1.82, 2.24) is 10.3 Å². The van der Waals surface area contributed by atoms with Gasteiger partial charge in [0.25, 0.3) is 5.91 Å². The minimum Gasteiger partial charge on any atom is -0.469 e. The van der Waals surface area contributed by atoms with E-state index in [-0.39, 0.29) is 22.8 Å². The molecule has 0 atom stereocenters. The van der Waals surface area contributed by atoms with Crippen LogP contribution in [0.1, 0.15) is 60.0 Å². The smallest absolute Gasteiger partial charge is 0.311 e. The van der Waals surface area contributed by atoms with Crippen molar-refractivity contribution in [3.63, 3.8) is 0 Å². The molecule has 0 aliphatic heterocycles. The van der Waals surface area contributed by atoms with E-state index < -0.39 is 0 Å². The van der Waals surface area contributed by atoms with Gasteiger partial charge in [-0.05, 0) is 70.1 Å². The van der Waals surface area contributed by atoms with E-state index >= 15 is 0 Å². The standard InChI is InChI=1S/C28H30N2O3/c1-18-9-10-22-21(17-18)23(19(2)24(29-22)20-7-5-4-6-8-20)25(31)30-28-14-11-27(12-15-28,13-16-28)26(32)33-3/h4-10,17H,11-16H2,1-3H3,(H,30,31). The summed E-state index contributed by atoms with van der Waals surface area (Å²) in [5, 5.41) is 4.31. The molecule has 0 unspecified atom stereocenters. The first-order valence-corrected chi connectivity index (χ1v) is 11.7. The highest BCUT2D eigenvalue weighted by Crippen LogP contribution is 2.53. The number of ether oxygens (including phenoxy) is 1. The first-order valence-electron chi connectivity index (χ1n) is 11.7. The molecule has 0 radical (unpaired) electrons. The van der Waals surface area contributed by atoms with Crippen LogP contribution in [0, 0.1) is 19.3 Å². The number of esters is 1. The Morgan fingerprint density at radius 3 is 2.24 bits per heavy atom. The molecule has 3 aliphatic carbocycles. The third-order valence-electron chi connectivity index (χ3n) is 7.90. The van der Waals surface area contributed by atoms with E-state index in [4.69, 9.17) is 9.72 Å². The quantitative estimate of drug-likeness (QED) is 0.541. The number of pyridine rings is 1. The van der Waals surface area contributed by atoms with E-state index in [1.54, 1.807) is 0 Å². The molecule has 1 heterocycles. The zero-order valence-corrected chi connectivity index (χ0v) is 19.5. The highest BCUT2D eigenvalue weighted by Gasteiger charge is 2.53. The summed E-state index contributed by atoms with van der Waals surface area (Å²) in [6.45, 7) is 4.03. The van der Waals surface area contributed by atoms with E-state index in [1.165, 1.54) is 7.11 Å². The zero-order valence-electron chi connectivity index (χ0n) is 19.5. The van der Waals surface area contributed by atoms with Crippen LogP contribution >= 0.6 is 0 Å². The van der Waals surface area contributed by atoms with Crippen molar-refractivity contribution in [1.29, 1.82) is 0 Å². The first-order chi connectivity index (χ1) is 15.9. The Hall–Kier alpha value is -3.21. The molecule has 170 valence electrons. The van der Waals surface area contributed by atoms with Gasteiger partial charge in [0.05, 0.1) is 29.3 Å². The predicted octanol–water partition coefficient (Wildman–Crippen LogP) is 5.51. The molecule has 0 spiro atoms. The van der Waals surface area contributed by atoms with Gasteiger partial charge in [0, 0.05) is 16.5 Å². The van der Waals surface area contributed by atoms with Crippen molar-refractivity contribution >= 4 is 22.8 Å². The third kappa shape index (κ3) is 3.60. The number of fused-ring (bicyclic) bond motifs is 4. The highest BCUT2D eigenvalue weighted by atomic mass is 16.5. The van der Waals surface area contributed by atoms with Crippen LogP contribution in [0.5, 0.6) is 0 Å². The summed E-state index contributed by atoms with van der Waals surface area (Å²) < 4.78 is 5.09. The van der Waals surface area contributed by atoms with Crippen molar-refractivity contribution in [2.75, 3.05) is 7.11 Å². The van der Waals surface area contributed by atoms with E-state index in [9.17, 15) is 9.59 Å². The lowest BCUT2D eigenvalue weighted by Crippen LogP contribution is -2.58. The largest absolute Gasteiger partial charge is 0.469 e. The number of nitrogens with zero attached hydrogens (tertiary/aromatic N) is 1. The number of benzene rings is 2. The number of rotatable bonds is 4. The number of hydrogen-bond acceptors (Lipinski definition) is 4. The van der Waals surface area contributed by atoms with E-state index in [1.807, 2.05) is 56.3 Å². The normalized spacial score (nSPS) is 24.0. The maximum atomic E-state index is 13.9. The highest BCUT2D eigenvalue weighted by molar-refractivity contribution is 6.09. The summed E-state index contributed by atoms with van der Waals surface area (Å²) in [6.07, 6.45) is 4.72. The summed E-state index contributed by atoms with van der Waals surface area (Å²) in [4.78, 5) is 31.2. The molecule has 33 heavy (non-hydrogen) atoms. The zero-order chi connectivity index (χ0) is 23.2. The average Bonchev–Trinajstić information content (AvgIpc) is 2.84. The van der Waals surface area contributed by atoms with Gasteiger partial charge in [0.2, 0.25) is 0 Å². The van der Waals surface area contributed by atoms with Crippen molar-refractivity contribution < 1.29 is 14.3 Å². The number of methoxy groups -OCH3 is 1. The molecule has 6 rings (SSSR count). The minimum absolute atomic E-state index is 0.0462. The Balaban J connectivity index is 1.53. The van der Waals surface area contributed by atoms with Gasteiger partial charge >= 0.3 is 5.97 Å². The number of carbonyl (C=O) groups excluding carboxylic acids is 2.